The predicted octanol–water partition coefficient (Wildman–Crippen LogP) is 2.05. The van der Waals surface area contributed by atoms with Crippen molar-refractivity contribution in [3.05, 3.63) is 62.1 Å². The van der Waals surface area contributed by atoms with Crippen LogP contribution < -0.4 is 11.2 Å². The highest BCUT2D eigenvalue weighted by Crippen LogP contribution is 2.14. The van der Waals surface area contributed by atoms with Crippen LogP contribution in [0.25, 0.3) is 15.9 Å². The number of thiophene rings is 1. The van der Waals surface area contributed by atoms with E-state index in [1.807, 2.05) is 25.1 Å². The average Bonchev–Trinajstić information content (AvgIpc) is 2.79. The van der Waals surface area contributed by atoms with E-state index in [1.54, 1.807) is 17.5 Å². The summed E-state index contributed by atoms with van der Waals surface area (Å²) in [5.74, 6) is 0. The summed E-state index contributed by atoms with van der Waals surface area (Å²) < 4.78 is 1.76. The summed E-state index contributed by atoms with van der Waals surface area (Å²) >= 11 is 1.33. The van der Waals surface area contributed by atoms with Crippen molar-refractivity contribution in [1.29, 1.82) is 0 Å². The van der Waals surface area contributed by atoms with Crippen molar-refractivity contribution in [2.75, 3.05) is 0 Å². The Hall–Kier alpha value is -2.14. The molecule has 5 heteroatoms. The first-order valence-corrected chi connectivity index (χ1v) is 6.35. The molecule has 3 aromatic rings. The molecule has 2 heterocycles. The van der Waals surface area contributed by atoms with Gasteiger partial charge in [-0.15, -0.1) is 11.3 Å². The summed E-state index contributed by atoms with van der Waals surface area (Å²) in [5.41, 5.74) is 1.44. The number of aromatic amines is 1. The van der Waals surface area contributed by atoms with Crippen LogP contribution in [0.2, 0.25) is 0 Å². The maximum atomic E-state index is 12.3. The second-order valence-corrected chi connectivity index (χ2v) is 4.94. The molecule has 3 rings (SSSR count). The van der Waals surface area contributed by atoms with Crippen LogP contribution in [-0.2, 0) is 0 Å². The van der Waals surface area contributed by atoms with Gasteiger partial charge in [-0.2, -0.15) is 0 Å². The number of para-hydroxylation sites is 1. The highest BCUT2D eigenvalue weighted by Gasteiger charge is 2.11. The van der Waals surface area contributed by atoms with Crippen LogP contribution in [0, 0.1) is 6.92 Å². The minimum atomic E-state index is -0.403. The standard InChI is InChI=1S/C13H10N2O2S/c1-8-4-2-3-5-10(8)15-12(16)11-9(6-7-18-11)14-13(15)17/h2-7H,1H3,(H,14,17). The number of aryl methyl sites for hydroxylation is 1. The number of hydrogen-bond acceptors (Lipinski definition) is 3. The van der Waals surface area contributed by atoms with Crippen molar-refractivity contribution >= 4 is 21.6 Å². The number of nitrogens with zero attached hydrogens (tertiary/aromatic N) is 1. The van der Waals surface area contributed by atoms with Gasteiger partial charge >= 0.3 is 5.69 Å². The number of fused-ring (bicyclic) bond motifs is 1. The van der Waals surface area contributed by atoms with E-state index in [0.717, 1.165) is 5.56 Å². The molecule has 18 heavy (non-hydrogen) atoms. The topological polar surface area (TPSA) is 54.9 Å². The number of nitrogens with one attached hydrogen (secondary N) is 1. The summed E-state index contributed by atoms with van der Waals surface area (Å²) in [7, 11) is 0. The van der Waals surface area contributed by atoms with Gasteiger partial charge in [-0.25, -0.2) is 9.36 Å². The summed E-state index contributed by atoms with van der Waals surface area (Å²) in [6.45, 7) is 1.87. The molecule has 0 atom stereocenters. The van der Waals surface area contributed by atoms with Crippen molar-refractivity contribution in [1.82, 2.24) is 9.55 Å². The summed E-state index contributed by atoms with van der Waals surface area (Å²) in [4.78, 5) is 27.1. The number of H-pyrrole nitrogens is 1. The van der Waals surface area contributed by atoms with Crippen LogP contribution in [0.1, 0.15) is 5.56 Å². The van der Waals surface area contributed by atoms with Crippen molar-refractivity contribution in [2.24, 2.45) is 0 Å². The largest absolute Gasteiger partial charge is 0.333 e. The molecule has 2 aromatic heterocycles. The molecule has 0 unspecified atom stereocenters. The Balaban J connectivity index is 2.47. The first-order valence-electron chi connectivity index (χ1n) is 5.47. The van der Waals surface area contributed by atoms with Crippen molar-refractivity contribution in [3.8, 4) is 5.69 Å². The van der Waals surface area contributed by atoms with Gasteiger partial charge in [0.15, 0.2) is 0 Å². The van der Waals surface area contributed by atoms with E-state index < -0.39 is 5.69 Å². The van der Waals surface area contributed by atoms with Crippen LogP contribution in [0.4, 0.5) is 0 Å². The smallest absolute Gasteiger partial charge is 0.306 e. The third kappa shape index (κ3) is 1.52. The molecule has 0 aliphatic rings. The lowest BCUT2D eigenvalue weighted by atomic mass is 10.2. The Kier molecular flexibility index (Phi) is 2.41. The van der Waals surface area contributed by atoms with E-state index in [2.05, 4.69) is 4.98 Å². The highest BCUT2D eigenvalue weighted by atomic mass is 32.1. The molecule has 0 saturated carbocycles. The van der Waals surface area contributed by atoms with Gasteiger partial charge < -0.3 is 4.98 Å². The first kappa shape index (κ1) is 11.0. The van der Waals surface area contributed by atoms with Crippen LogP contribution >= 0.6 is 11.3 Å². The van der Waals surface area contributed by atoms with Gasteiger partial charge in [0.2, 0.25) is 0 Å². The molecule has 0 saturated heterocycles. The zero-order valence-corrected chi connectivity index (χ0v) is 10.5. The zero-order chi connectivity index (χ0) is 12.7. The van der Waals surface area contributed by atoms with E-state index in [1.165, 1.54) is 15.9 Å². The van der Waals surface area contributed by atoms with Gasteiger partial charge in [0, 0.05) is 0 Å². The van der Waals surface area contributed by atoms with Crippen LogP contribution in [-0.4, -0.2) is 9.55 Å². The Morgan fingerprint density at radius 3 is 2.72 bits per heavy atom. The quantitative estimate of drug-likeness (QED) is 0.726. The fourth-order valence-corrected chi connectivity index (χ4v) is 2.75. The van der Waals surface area contributed by atoms with Gasteiger partial charge in [-0.1, -0.05) is 18.2 Å². The minimum absolute atomic E-state index is 0.266. The van der Waals surface area contributed by atoms with Crippen molar-refractivity contribution in [3.63, 3.8) is 0 Å². The van der Waals surface area contributed by atoms with Gasteiger partial charge in [0.05, 0.1) is 11.2 Å². The van der Waals surface area contributed by atoms with Gasteiger partial charge in [-0.3, -0.25) is 4.79 Å². The molecule has 0 aliphatic heterocycles. The van der Waals surface area contributed by atoms with Gasteiger partial charge in [-0.05, 0) is 30.0 Å². The molecular weight excluding hydrogens is 248 g/mol. The predicted molar refractivity (Wildman–Crippen MR) is 72.8 cm³/mol. The molecule has 0 spiro atoms. The van der Waals surface area contributed by atoms with Crippen molar-refractivity contribution < 1.29 is 0 Å². The Morgan fingerprint density at radius 1 is 1.17 bits per heavy atom. The third-order valence-electron chi connectivity index (χ3n) is 2.86. The maximum Gasteiger partial charge on any atom is 0.333 e. The van der Waals surface area contributed by atoms with Crippen LogP contribution in [0.3, 0.4) is 0 Å². The second kappa shape index (κ2) is 3.96. The normalized spacial score (nSPS) is 10.9. The number of hydrogen-bond donors (Lipinski definition) is 1. The molecule has 0 aliphatic carbocycles. The number of aromatic nitrogens is 2. The third-order valence-corrected chi connectivity index (χ3v) is 3.77. The summed E-state index contributed by atoms with van der Waals surface area (Å²) in [6, 6.07) is 9.07. The molecule has 1 aromatic carbocycles. The van der Waals surface area contributed by atoms with Crippen molar-refractivity contribution in [2.45, 2.75) is 6.92 Å². The van der Waals surface area contributed by atoms with E-state index in [9.17, 15) is 9.59 Å². The summed E-state index contributed by atoms with van der Waals surface area (Å²) in [6.07, 6.45) is 0. The molecular formula is C13H10N2O2S. The lowest BCUT2D eigenvalue weighted by Crippen LogP contribution is -2.33. The number of rotatable bonds is 1. The molecule has 4 nitrogen and oxygen atoms in total. The van der Waals surface area contributed by atoms with Crippen LogP contribution in [0.5, 0.6) is 0 Å². The van der Waals surface area contributed by atoms with Gasteiger partial charge in [0.25, 0.3) is 5.56 Å². The number of benzene rings is 1. The Morgan fingerprint density at radius 2 is 1.94 bits per heavy atom. The molecule has 0 amide bonds. The highest BCUT2D eigenvalue weighted by molar-refractivity contribution is 7.17. The van der Waals surface area contributed by atoms with E-state index >= 15 is 0 Å². The SMILES string of the molecule is Cc1ccccc1-n1c(=O)[nH]c2ccsc2c1=O. The molecule has 1 N–H and O–H groups in total. The monoisotopic (exact) mass is 258 g/mol. The zero-order valence-electron chi connectivity index (χ0n) is 9.64. The molecule has 0 fully saturated rings. The van der Waals surface area contributed by atoms with E-state index in [4.69, 9.17) is 0 Å². The van der Waals surface area contributed by atoms with E-state index in [0.29, 0.717) is 15.9 Å². The average molecular weight is 258 g/mol. The molecule has 0 radical (unpaired) electrons. The molecule has 90 valence electrons. The van der Waals surface area contributed by atoms with E-state index in [-0.39, 0.29) is 5.56 Å². The lowest BCUT2D eigenvalue weighted by molar-refractivity contribution is 0.896. The molecule has 0 bridgehead atoms. The second-order valence-electron chi connectivity index (χ2n) is 4.02. The lowest BCUT2D eigenvalue weighted by Gasteiger charge is -2.07. The fourth-order valence-electron chi connectivity index (χ4n) is 1.97. The van der Waals surface area contributed by atoms with Gasteiger partial charge in [0.1, 0.15) is 4.70 Å². The Labute approximate surface area is 106 Å². The maximum absolute atomic E-state index is 12.3. The fraction of sp³-hybridized carbons (Fsp3) is 0.0769. The minimum Gasteiger partial charge on any atom is -0.306 e. The first-order chi connectivity index (χ1) is 8.68. The van der Waals surface area contributed by atoms with Crippen LogP contribution in [0.15, 0.2) is 45.3 Å². The Bertz CT molecular complexity index is 842. The summed E-state index contributed by atoms with van der Waals surface area (Å²) in [5, 5.41) is 1.80.